The van der Waals surface area contributed by atoms with Crippen LogP contribution in [0.15, 0.2) is 36.7 Å². The van der Waals surface area contributed by atoms with Gasteiger partial charge in [0.2, 0.25) is 0 Å². The van der Waals surface area contributed by atoms with Gasteiger partial charge >= 0.3 is 0 Å². The first-order valence-corrected chi connectivity index (χ1v) is 4.98. The Bertz CT molecular complexity index is 346. The zero-order valence-corrected chi connectivity index (χ0v) is 9.23. The maximum atomic E-state index is 12.0. The van der Waals surface area contributed by atoms with E-state index in [0.717, 1.165) is 5.57 Å². The summed E-state index contributed by atoms with van der Waals surface area (Å²) in [4.78, 5) is 17.6. The molecule has 3 nitrogen and oxygen atoms in total. The molecule has 0 saturated carbocycles. The molecule has 0 radical (unpaired) electrons. The van der Waals surface area contributed by atoms with Crippen molar-refractivity contribution in [2.45, 2.75) is 13.8 Å². The number of hydrogen-bond acceptors (Lipinski definition) is 2. The van der Waals surface area contributed by atoms with Gasteiger partial charge in [-0.3, -0.25) is 9.78 Å². The summed E-state index contributed by atoms with van der Waals surface area (Å²) in [6.07, 6.45) is 3.25. The van der Waals surface area contributed by atoms with Crippen LogP contribution in [0.3, 0.4) is 0 Å². The minimum atomic E-state index is 0.0305. The molecule has 80 valence electrons. The molecule has 1 amide bonds. The molecule has 1 rings (SSSR count). The van der Waals surface area contributed by atoms with E-state index < -0.39 is 0 Å². The van der Waals surface area contributed by atoms with Crippen LogP contribution in [0.5, 0.6) is 0 Å². The topological polar surface area (TPSA) is 33.2 Å². The van der Waals surface area contributed by atoms with Crippen LogP contribution in [0.25, 0.3) is 0 Å². The van der Waals surface area contributed by atoms with E-state index in [1.807, 2.05) is 13.8 Å². The fourth-order valence-corrected chi connectivity index (χ4v) is 1.33. The van der Waals surface area contributed by atoms with E-state index in [2.05, 4.69) is 11.6 Å². The molecule has 0 aromatic carbocycles. The van der Waals surface area contributed by atoms with Crippen LogP contribution >= 0.6 is 0 Å². The Kier molecular flexibility index (Phi) is 4.03. The van der Waals surface area contributed by atoms with Crippen LogP contribution in [0.1, 0.15) is 24.2 Å². The highest BCUT2D eigenvalue weighted by molar-refractivity contribution is 5.94. The average molecular weight is 204 g/mol. The lowest BCUT2D eigenvalue weighted by Gasteiger charge is -2.20. The van der Waals surface area contributed by atoms with Crippen LogP contribution < -0.4 is 0 Å². The highest BCUT2D eigenvalue weighted by Gasteiger charge is 2.13. The minimum absolute atomic E-state index is 0.0305. The standard InChI is InChI=1S/C12H16N2O/c1-4-14(9-10(2)3)12(15)11-5-7-13-8-6-11/h5-8H,2,4,9H2,1,3H3. The van der Waals surface area contributed by atoms with Crippen LogP contribution in [0.4, 0.5) is 0 Å². The van der Waals surface area contributed by atoms with Crippen LogP contribution in [-0.2, 0) is 0 Å². The van der Waals surface area contributed by atoms with Crippen molar-refractivity contribution in [3.8, 4) is 0 Å². The number of nitrogens with zero attached hydrogens (tertiary/aromatic N) is 2. The number of amides is 1. The van der Waals surface area contributed by atoms with Crippen LogP contribution in [0.2, 0.25) is 0 Å². The van der Waals surface area contributed by atoms with Gasteiger partial charge in [-0.1, -0.05) is 12.2 Å². The van der Waals surface area contributed by atoms with Crippen molar-refractivity contribution in [1.29, 1.82) is 0 Å². The molecule has 0 spiro atoms. The van der Waals surface area contributed by atoms with Crippen LogP contribution in [-0.4, -0.2) is 28.9 Å². The number of hydrogen-bond donors (Lipinski definition) is 0. The van der Waals surface area contributed by atoms with Crippen molar-refractivity contribution in [1.82, 2.24) is 9.88 Å². The lowest BCUT2D eigenvalue weighted by atomic mass is 10.2. The number of carbonyl (C=O) groups excluding carboxylic acids is 1. The Hall–Kier alpha value is -1.64. The molecule has 0 aliphatic heterocycles. The number of carbonyl (C=O) groups is 1. The van der Waals surface area contributed by atoms with E-state index in [9.17, 15) is 4.79 Å². The summed E-state index contributed by atoms with van der Waals surface area (Å²) in [6, 6.07) is 3.45. The third kappa shape index (κ3) is 3.20. The fourth-order valence-electron chi connectivity index (χ4n) is 1.33. The van der Waals surface area contributed by atoms with Gasteiger partial charge in [0.05, 0.1) is 0 Å². The number of pyridine rings is 1. The second-order valence-corrected chi connectivity index (χ2v) is 3.51. The van der Waals surface area contributed by atoms with E-state index in [-0.39, 0.29) is 5.91 Å². The van der Waals surface area contributed by atoms with Gasteiger partial charge in [0.15, 0.2) is 0 Å². The van der Waals surface area contributed by atoms with E-state index in [0.29, 0.717) is 18.7 Å². The number of likely N-dealkylation sites (N-methyl/N-ethyl adjacent to an activating group) is 1. The Balaban J connectivity index is 2.78. The molecule has 0 N–H and O–H groups in total. The van der Waals surface area contributed by atoms with Gasteiger partial charge in [-0.25, -0.2) is 0 Å². The third-order valence-corrected chi connectivity index (χ3v) is 2.06. The Morgan fingerprint density at radius 2 is 2.07 bits per heavy atom. The van der Waals surface area contributed by atoms with Gasteiger partial charge in [0, 0.05) is 31.0 Å². The Morgan fingerprint density at radius 3 is 2.53 bits per heavy atom. The molecule has 1 aromatic heterocycles. The predicted molar refractivity (Wildman–Crippen MR) is 60.6 cm³/mol. The number of aromatic nitrogens is 1. The SMILES string of the molecule is C=C(C)CN(CC)C(=O)c1ccncc1. The molecule has 0 saturated heterocycles. The minimum Gasteiger partial charge on any atom is -0.335 e. The van der Waals surface area contributed by atoms with E-state index in [1.165, 1.54) is 0 Å². The van der Waals surface area contributed by atoms with Crippen molar-refractivity contribution in [3.05, 3.63) is 42.2 Å². The maximum Gasteiger partial charge on any atom is 0.254 e. The van der Waals surface area contributed by atoms with E-state index in [1.54, 1.807) is 29.4 Å². The van der Waals surface area contributed by atoms with Crippen molar-refractivity contribution in [2.24, 2.45) is 0 Å². The van der Waals surface area contributed by atoms with E-state index >= 15 is 0 Å². The smallest absolute Gasteiger partial charge is 0.254 e. The second-order valence-electron chi connectivity index (χ2n) is 3.51. The molecule has 0 bridgehead atoms. The summed E-state index contributed by atoms with van der Waals surface area (Å²) in [6.45, 7) is 8.99. The molecule has 1 aromatic rings. The first-order valence-electron chi connectivity index (χ1n) is 4.98. The normalized spacial score (nSPS) is 9.73. The maximum absolute atomic E-state index is 12.0. The van der Waals surface area contributed by atoms with Crippen molar-refractivity contribution < 1.29 is 4.79 Å². The fraction of sp³-hybridized carbons (Fsp3) is 0.333. The highest BCUT2D eigenvalue weighted by atomic mass is 16.2. The third-order valence-electron chi connectivity index (χ3n) is 2.06. The molecular formula is C12H16N2O. The summed E-state index contributed by atoms with van der Waals surface area (Å²) < 4.78 is 0. The monoisotopic (exact) mass is 204 g/mol. The van der Waals surface area contributed by atoms with Crippen LogP contribution in [0, 0.1) is 0 Å². The van der Waals surface area contributed by atoms with Crippen molar-refractivity contribution in [2.75, 3.05) is 13.1 Å². The largest absolute Gasteiger partial charge is 0.335 e. The lowest BCUT2D eigenvalue weighted by molar-refractivity contribution is 0.0778. The van der Waals surface area contributed by atoms with Gasteiger partial charge in [0.1, 0.15) is 0 Å². The summed E-state index contributed by atoms with van der Waals surface area (Å²) >= 11 is 0. The average Bonchev–Trinajstić information content (AvgIpc) is 2.26. The zero-order chi connectivity index (χ0) is 11.3. The summed E-state index contributed by atoms with van der Waals surface area (Å²) in [5.41, 5.74) is 1.66. The van der Waals surface area contributed by atoms with Gasteiger partial charge < -0.3 is 4.90 Å². The molecule has 3 heteroatoms. The zero-order valence-electron chi connectivity index (χ0n) is 9.23. The predicted octanol–water partition coefficient (Wildman–Crippen LogP) is 2.12. The summed E-state index contributed by atoms with van der Waals surface area (Å²) in [5, 5.41) is 0. The molecular weight excluding hydrogens is 188 g/mol. The first-order chi connectivity index (χ1) is 7.15. The van der Waals surface area contributed by atoms with Gasteiger partial charge in [-0.05, 0) is 26.0 Å². The lowest BCUT2D eigenvalue weighted by Crippen LogP contribution is -2.32. The highest BCUT2D eigenvalue weighted by Crippen LogP contribution is 2.05. The molecule has 1 heterocycles. The quantitative estimate of drug-likeness (QED) is 0.704. The molecule has 0 aliphatic carbocycles. The van der Waals surface area contributed by atoms with E-state index in [4.69, 9.17) is 0 Å². The molecule has 0 atom stereocenters. The van der Waals surface area contributed by atoms with Gasteiger partial charge in [0.25, 0.3) is 5.91 Å². The Morgan fingerprint density at radius 1 is 1.47 bits per heavy atom. The Labute approximate surface area is 90.4 Å². The first kappa shape index (κ1) is 11.4. The summed E-state index contributed by atoms with van der Waals surface area (Å²) in [5.74, 6) is 0.0305. The molecule has 0 unspecified atom stereocenters. The van der Waals surface area contributed by atoms with Crippen molar-refractivity contribution in [3.63, 3.8) is 0 Å². The van der Waals surface area contributed by atoms with Gasteiger partial charge in [-0.2, -0.15) is 0 Å². The summed E-state index contributed by atoms with van der Waals surface area (Å²) in [7, 11) is 0. The molecule has 0 fully saturated rings. The molecule has 0 aliphatic rings. The second kappa shape index (κ2) is 5.29. The number of rotatable bonds is 4. The van der Waals surface area contributed by atoms with Gasteiger partial charge in [-0.15, -0.1) is 0 Å². The van der Waals surface area contributed by atoms with Crippen molar-refractivity contribution >= 4 is 5.91 Å². The molecule has 15 heavy (non-hydrogen) atoms.